The summed E-state index contributed by atoms with van der Waals surface area (Å²) in [4.78, 5) is 0.164. The molecule has 1 aliphatic rings. The highest BCUT2D eigenvalue weighted by molar-refractivity contribution is 7.89. The average Bonchev–Trinajstić information content (AvgIpc) is 2.54. The first-order valence-electron chi connectivity index (χ1n) is 7.48. The summed E-state index contributed by atoms with van der Waals surface area (Å²) in [6.07, 6.45) is 0. The Morgan fingerprint density at radius 3 is 2.29 bits per heavy atom. The van der Waals surface area contributed by atoms with Crippen molar-refractivity contribution in [2.75, 3.05) is 13.2 Å². The second kappa shape index (κ2) is 6.27. The molecule has 2 aromatic carbocycles. The van der Waals surface area contributed by atoms with Crippen LogP contribution < -0.4 is 14.2 Å². The van der Waals surface area contributed by atoms with Gasteiger partial charge in [-0.3, -0.25) is 0 Å². The van der Waals surface area contributed by atoms with Gasteiger partial charge in [0, 0.05) is 5.02 Å². The predicted octanol–water partition coefficient (Wildman–Crippen LogP) is 3.32. The van der Waals surface area contributed by atoms with Crippen LogP contribution in [0.25, 0.3) is 0 Å². The zero-order valence-electron chi connectivity index (χ0n) is 13.4. The van der Waals surface area contributed by atoms with E-state index >= 15 is 0 Å². The number of ether oxygens (including phenoxy) is 2. The van der Waals surface area contributed by atoms with Gasteiger partial charge in [-0.25, -0.2) is 13.1 Å². The third kappa shape index (κ3) is 3.50. The van der Waals surface area contributed by atoms with E-state index in [1.807, 2.05) is 6.07 Å². The molecular formula is C17H18ClNO4S. The molecule has 0 saturated heterocycles. The molecule has 0 radical (unpaired) electrons. The van der Waals surface area contributed by atoms with Gasteiger partial charge in [-0.15, -0.1) is 0 Å². The summed E-state index contributed by atoms with van der Waals surface area (Å²) in [5, 5.41) is 0.486. The van der Waals surface area contributed by atoms with Gasteiger partial charge >= 0.3 is 0 Å². The van der Waals surface area contributed by atoms with E-state index in [1.165, 1.54) is 12.1 Å². The zero-order chi connectivity index (χ0) is 17.4. The van der Waals surface area contributed by atoms with Gasteiger partial charge in [0.1, 0.15) is 13.2 Å². The fourth-order valence-electron chi connectivity index (χ4n) is 2.50. The van der Waals surface area contributed by atoms with Crippen molar-refractivity contribution in [1.82, 2.24) is 4.72 Å². The van der Waals surface area contributed by atoms with Crippen LogP contribution in [-0.2, 0) is 15.6 Å². The largest absolute Gasteiger partial charge is 0.486 e. The highest BCUT2D eigenvalue weighted by Gasteiger charge is 2.29. The van der Waals surface area contributed by atoms with Crippen molar-refractivity contribution in [1.29, 1.82) is 0 Å². The van der Waals surface area contributed by atoms with Crippen LogP contribution in [-0.4, -0.2) is 21.6 Å². The Bertz CT molecular complexity index is 847. The van der Waals surface area contributed by atoms with E-state index in [0.717, 1.165) is 5.56 Å². The molecule has 1 N–H and O–H groups in total. The summed E-state index contributed by atoms with van der Waals surface area (Å²) in [6.45, 7) is 4.59. The van der Waals surface area contributed by atoms with Crippen LogP contribution >= 0.6 is 11.6 Å². The van der Waals surface area contributed by atoms with Crippen molar-refractivity contribution < 1.29 is 17.9 Å². The lowest BCUT2D eigenvalue weighted by molar-refractivity contribution is 0.171. The molecule has 0 fully saturated rings. The summed E-state index contributed by atoms with van der Waals surface area (Å²) in [6, 6.07) is 11.5. The zero-order valence-corrected chi connectivity index (χ0v) is 14.9. The standard InChI is InChI=1S/C17H18ClNO4S/c1-17(2,12-3-8-15-16(11-12)23-10-9-22-15)19-24(20,21)14-6-4-13(18)5-7-14/h3-8,11,19H,9-10H2,1-2H3. The summed E-state index contributed by atoms with van der Waals surface area (Å²) in [7, 11) is -3.68. The van der Waals surface area contributed by atoms with Crippen molar-refractivity contribution in [3.05, 3.63) is 53.1 Å². The maximum Gasteiger partial charge on any atom is 0.241 e. The SMILES string of the molecule is CC(C)(NS(=O)(=O)c1ccc(Cl)cc1)c1ccc2c(c1)OCCO2. The maximum atomic E-state index is 12.6. The first-order valence-corrected chi connectivity index (χ1v) is 9.34. The Kier molecular flexibility index (Phi) is 4.46. The third-order valence-corrected chi connectivity index (χ3v) is 5.70. The normalized spacial score (nSPS) is 14.5. The number of benzene rings is 2. The lowest BCUT2D eigenvalue weighted by Gasteiger charge is -2.28. The van der Waals surface area contributed by atoms with Gasteiger partial charge in [0.2, 0.25) is 10.0 Å². The van der Waals surface area contributed by atoms with E-state index in [2.05, 4.69) is 4.72 Å². The van der Waals surface area contributed by atoms with Crippen molar-refractivity contribution in [3.8, 4) is 11.5 Å². The Balaban J connectivity index is 1.89. The van der Waals surface area contributed by atoms with E-state index in [4.69, 9.17) is 21.1 Å². The average molecular weight is 368 g/mol. The Hall–Kier alpha value is -1.76. The highest BCUT2D eigenvalue weighted by atomic mass is 35.5. The molecule has 24 heavy (non-hydrogen) atoms. The molecule has 0 unspecified atom stereocenters. The predicted molar refractivity (Wildman–Crippen MR) is 92.2 cm³/mol. The number of sulfonamides is 1. The molecule has 7 heteroatoms. The monoisotopic (exact) mass is 367 g/mol. The minimum atomic E-state index is -3.68. The number of nitrogens with one attached hydrogen (secondary N) is 1. The van der Waals surface area contributed by atoms with E-state index < -0.39 is 15.6 Å². The van der Waals surface area contributed by atoms with Crippen molar-refractivity contribution in [2.45, 2.75) is 24.3 Å². The Morgan fingerprint density at radius 2 is 1.62 bits per heavy atom. The van der Waals surface area contributed by atoms with Crippen molar-refractivity contribution in [2.24, 2.45) is 0 Å². The molecule has 3 rings (SSSR count). The molecule has 1 heterocycles. The molecule has 0 aromatic heterocycles. The van der Waals surface area contributed by atoms with Gasteiger partial charge in [0.25, 0.3) is 0 Å². The van der Waals surface area contributed by atoms with E-state index in [-0.39, 0.29) is 4.90 Å². The summed E-state index contributed by atoms with van der Waals surface area (Å²) < 4.78 is 39.0. The van der Waals surface area contributed by atoms with Crippen LogP contribution in [0.1, 0.15) is 19.4 Å². The minimum absolute atomic E-state index is 0.164. The van der Waals surface area contributed by atoms with Crippen LogP contribution in [0.4, 0.5) is 0 Å². The molecule has 5 nitrogen and oxygen atoms in total. The molecule has 0 saturated carbocycles. The first kappa shape index (κ1) is 17.1. The van der Waals surface area contributed by atoms with E-state index in [0.29, 0.717) is 29.7 Å². The molecule has 0 aliphatic carbocycles. The van der Waals surface area contributed by atoms with Crippen LogP contribution in [0.2, 0.25) is 5.02 Å². The summed E-state index contributed by atoms with van der Waals surface area (Å²) in [5.74, 6) is 1.29. The minimum Gasteiger partial charge on any atom is -0.486 e. The van der Waals surface area contributed by atoms with Gasteiger partial charge in [-0.1, -0.05) is 17.7 Å². The van der Waals surface area contributed by atoms with E-state index in [9.17, 15) is 8.42 Å². The second-order valence-corrected chi connectivity index (χ2v) is 8.16. The molecule has 0 amide bonds. The van der Waals surface area contributed by atoms with Gasteiger partial charge < -0.3 is 9.47 Å². The lowest BCUT2D eigenvalue weighted by Crippen LogP contribution is -2.41. The quantitative estimate of drug-likeness (QED) is 0.900. The number of hydrogen-bond acceptors (Lipinski definition) is 4. The molecule has 0 bridgehead atoms. The van der Waals surface area contributed by atoms with Crippen LogP contribution in [0.5, 0.6) is 11.5 Å². The van der Waals surface area contributed by atoms with Gasteiger partial charge in [0.15, 0.2) is 11.5 Å². The topological polar surface area (TPSA) is 64.6 Å². The second-order valence-electron chi connectivity index (χ2n) is 6.04. The molecule has 0 atom stereocenters. The fourth-order valence-corrected chi connectivity index (χ4v) is 4.03. The third-order valence-electron chi connectivity index (χ3n) is 3.78. The molecule has 0 spiro atoms. The summed E-state index contributed by atoms with van der Waals surface area (Å²) >= 11 is 5.82. The number of hydrogen-bond donors (Lipinski definition) is 1. The van der Waals surface area contributed by atoms with E-state index in [1.54, 1.807) is 38.1 Å². The number of fused-ring (bicyclic) bond motifs is 1. The first-order chi connectivity index (χ1) is 11.3. The smallest absolute Gasteiger partial charge is 0.241 e. The molecular weight excluding hydrogens is 350 g/mol. The highest BCUT2D eigenvalue weighted by Crippen LogP contribution is 2.34. The number of halogens is 1. The van der Waals surface area contributed by atoms with Crippen molar-refractivity contribution >= 4 is 21.6 Å². The van der Waals surface area contributed by atoms with Gasteiger partial charge in [-0.05, 0) is 55.8 Å². The fraction of sp³-hybridized carbons (Fsp3) is 0.294. The lowest BCUT2D eigenvalue weighted by atomic mass is 9.95. The maximum absolute atomic E-state index is 12.6. The van der Waals surface area contributed by atoms with Crippen LogP contribution in [0, 0.1) is 0 Å². The van der Waals surface area contributed by atoms with Crippen LogP contribution in [0.15, 0.2) is 47.4 Å². The Labute approximate surface area is 146 Å². The Morgan fingerprint density at radius 1 is 1.00 bits per heavy atom. The molecule has 128 valence electrons. The van der Waals surface area contributed by atoms with Gasteiger partial charge in [-0.2, -0.15) is 0 Å². The van der Waals surface area contributed by atoms with Crippen LogP contribution in [0.3, 0.4) is 0 Å². The van der Waals surface area contributed by atoms with Crippen molar-refractivity contribution in [3.63, 3.8) is 0 Å². The molecule has 1 aliphatic heterocycles. The van der Waals surface area contributed by atoms with Gasteiger partial charge in [0.05, 0.1) is 10.4 Å². The summed E-state index contributed by atoms with van der Waals surface area (Å²) in [5.41, 5.74) is -0.0433. The number of rotatable bonds is 4. The molecule has 2 aromatic rings.